The molecule has 0 aliphatic carbocycles. The van der Waals surface area contributed by atoms with Crippen molar-refractivity contribution in [2.45, 2.75) is 26.2 Å². The lowest BCUT2D eigenvalue weighted by atomic mass is 10.0. The van der Waals surface area contributed by atoms with Gasteiger partial charge in [-0.1, -0.05) is 32.0 Å². The number of carbonyl (C=O) groups excluding carboxylic acids is 1. The third kappa shape index (κ3) is 5.56. The number of nitrogens with one attached hydrogen (secondary N) is 2. The molecule has 2 N–H and O–H groups in total. The van der Waals surface area contributed by atoms with Crippen LogP contribution in [0.2, 0.25) is 0 Å². The molecule has 0 saturated carbocycles. The van der Waals surface area contributed by atoms with E-state index in [9.17, 15) is 4.79 Å². The van der Waals surface area contributed by atoms with Crippen molar-refractivity contribution < 1.29 is 13.9 Å². The average molecular weight is 460 g/mol. The number of aromatic nitrogens is 1. The molecule has 0 aliphatic heterocycles. The molecule has 0 atom stereocenters. The summed E-state index contributed by atoms with van der Waals surface area (Å²) in [5.41, 5.74) is 5.25. The highest BCUT2D eigenvalue weighted by Gasteiger charge is 2.10. The van der Waals surface area contributed by atoms with Crippen molar-refractivity contribution in [2.24, 2.45) is 0 Å². The Bertz CT molecular complexity index is 1280. The summed E-state index contributed by atoms with van der Waals surface area (Å²) in [4.78, 5) is 17.0. The first-order valence-corrected chi connectivity index (χ1v) is 11.1. The van der Waals surface area contributed by atoms with Crippen molar-refractivity contribution in [3.8, 4) is 5.75 Å². The molecule has 0 aliphatic rings. The molecule has 0 bridgehead atoms. The number of rotatable bonds is 6. The van der Waals surface area contributed by atoms with Crippen LogP contribution < -0.4 is 15.4 Å². The Labute approximate surface area is 198 Å². The normalized spacial score (nSPS) is 10.9. The predicted molar refractivity (Wildman–Crippen MR) is 134 cm³/mol. The van der Waals surface area contributed by atoms with Gasteiger partial charge in [0.2, 0.25) is 0 Å². The second-order valence-corrected chi connectivity index (χ2v) is 8.41. The Kier molecular flexibility index (Phi) is 6.70. The molecule has 0 saturated heterocycles. The van der Waals surface area contributed by atoms with E-state index in [2.05, 4.69) is 41.6 Å². The second kappa shape index (κ2) is 9.83. The summed E-state index contributed by atoms with van der Waals surface area (Å²) in [6, 6.07) is 20.7. The number of benzene rings is 3. The van der Waals surface area contributed by atoms with Crippen molar-refractivity contribution in [1.82, 2.24) is 10.3 Å². The quantitative estimate of drug-likeness (QED) is 0.362. The summed E-state index contributed by atoms with van der Waals surface area (Å²) < 4.78 is 11.0. The van der Waals surface area contributed by atoms with E-state index < -0.39 is 0 Å². The highest BCUT2D eigenvalue weighted by atomic mass is 32.1. The molecule has 0 spiro atoms. The van der Waals surface area contributed by atoms with E-state index >= 15 is 0 Å². The van der Waals surface area contributed by atoms with Gasteiger partial charge in [0.25, 0.3) is 5.91 Å². The van der Waals surface area contributed by atoms with Crippen LogP contribution in [0.25, 0.3) is 11.1 Å². The molecule has 1 aromatic heterocycles. The first kappa shape index (κ1) is 22.5. The van der Waals surface area contributed by atoms with Crippen LogP contribution in [0.5, 0.6) is 5.75 Å². The monoisotopic (exact) mass is 459 g/mol. The second-order valence-electron chi connectivity index (χ2n) is 8.00. The fourth-order valence-corrected chi connectivity index (χ4v) is 3.60. The zero-order valence-corrected chi connectivity index (χ0v) is 19.5. The molecule has 1 amide bonds. The van der Waals surface area contributed by atoms with Crippen LogP contribution in [-0.2, 0) is 6.42 Å². The first-order valence-electron chi connectivity index (χ1n) is 10.7. The van der Waals surface area contributed by atoms with E-state index in [0.717, 1.165) is 22.4 Å². The van der Waals surface area contributed by atoms with Gasteiger partial charge in [-0.05, 0) is 77.8 Å². The largest absolute Gasteiger partial charge is 0.497 e. The Morgan fingerprint density at radius 1 is 1.06 bits per heavy atom. The minimum atomic E-state index is -0.289. The van der Waals surface area contributed by atoms with E-state index in [0.29, 0.717) is 29.5 Å². The Balaban J connectivity index is 1.35. The van der Waals surface area contributed by atoms with Crippen LogP contribution >= 0.6 is 12.2 Å². The van der Waals surface area contributed by atoms with Crippen LogP contribution in [-0.4, -0.2) is 23.1 Å². The number of anilines is 1. The summed E-state index contributed by atoms with van der Waals surface area (Å²) in [5.74, 6) is 1.52. The molecular formula is C26H25N3O3S. The third-order valence-corrected chi connectivity index (χ3v) is 5.47. The molecule has 6 nitrogen and oxygen atoms in total. The molecule has 4 aromatic rings. The Hall–Kier alpha value is -3.71. The van der Waals surface area contributed by atoms with Crippen molar-refractivity contribution >= 4 is 40.0 Å². The van der Waals surface area contributed by atoms with Gasteiger partial charge >= 0.3 is 0 Å². The van der Waals surface area contributed by atoms with Crippen molar-refractivity contribution in [1.29, 1.82) is 0 Å². The maximum absolute atomic E-state index is 12.3. The maximum Gasteiger partial charge on any atom is 0.257 e. The highest BCUT2D eigenvalue weighted by Crippen LogP contribution is 2.23. The van der Waals surface area contributed by atoms with Gasteiger partial charge in [0.05, 0.1) is 7.11 Å². The van der Waals surface area contributed by atoms with E-state index in [1.54, 1.807) is 31.4 Å². The molecule has 7 heteroatoms. The van der Waals surface area contributed by atoms with Gasteiger partial charge in [-0.2, -0.15) is 0 Å². The van der Waals surface area contributed by atoms with Gasteiger partial charge in [0.15, 0.2) is 16.6 Å². The van der Waals surface area contributed by atoms with Crippen molar-refractivity contribution in [3.63, 3.8) is 0 Å². The molecule has 4 rings (SSSR count). The van der Waals surface area contributed by atoms with Crippen LogP contribution in [0, 0.1) is 0 Å². The molecule has 33 heavy (non-hydrogen) atoms. The Morgan fingerprint density at radius 3 is 2.45 bits per heavy atom. The molecule has 0 unspecified atom stereocenters. The van der Waals surface area contributed by atoms with Crippen LogP contribution in [0.4, 0.5) is 5.69 Å². The van der Waals surface area contributed by atoms with Gasteiger partial charge in [-0.25, -0.2) is 4.98 Å². The number of ether oxygens (including phenoxy) is 1. The van der Waals surface area contributed by atoms with Crippen molar-refractivity contribution in [3.05, 3.63) is 89.3 Å². The van der Waals surface area contributed by atoms with E-state index in [1.807, 2.05) is 30.3 Å². The summed E-state index contributed by atoms with van der Waals surface area (Å²) in [5, 5.41) is 5.94. The van der Waals surface area contributed by atoms with Gasteiger partial charge in [-0.15, -0.1) is 0 Å². The maximum atomic E-state index is 12.3. The SMILES string of the molecule is COc1ccc(C(=O)NC(=S)Nc2ccc(Cc3nc4cc(C(C)C)ccc4o3)cc2)cc1. The lowest BCUT2D eigenvalue weighted by molar-refractivity contribution is 0.0977. The minimum absolute atomic E-state index is 0.225. The lowest BCUT2D eigenvalue weighted by Crippen LogP contribution is -2.34. The summed E-state index contributed by atoms with van der Waals surface area (Å²) >= 11 is 5.27. The van der Waals surface area contributed by atoms with Crippen LogP contribution in [0.15, 0.2) is 71.1 Å². The van der Waals surface area contributed by atoms with E-state index in [1.165, 1.54) is 5.56 Å². The number of hydrogen-bond acceptors (Lipinski definition) is 5. The number of methoxy groups -OCH3 is 1. The van der Waals surface area contributed by atoms with Gasteiger partial charge < -0.3 is 14.5 Å². The summed E-state index contributed by atoms with van der Waals surface area (Å²) in [6.45, 7) is 4.32. The molecular weight excluding hydrogens is 434 g/mol. The fraction of sp³-hybridized carbons (Fsp3) is 0.192. The summed E-state index contributed by atoms with van der Waals surface area (Å²) in [7, 11) is 1.58. The van der Waals surface area contributed by atoms with Crippen LogP contribution in [0.1, 0.15) is 47.1 Å². The molecule has 0 radical (unpaired) electrons. The van der Waals surface area contributed by atoms with Gasteiger partial charge in [0, 0.05) is 17.7 Å². The third-order valence-electron chi connectivity index (χ3n) is 5.27. The van der Waals surface area contributed by atoms with E-state index in [4.69, 9.17) is 21.4 Å². The number of nitrogens with zero attached hydrogens (tertiary/aromatic N) is 1. The molecule has 3 aromatic carbocycles. The predicted octanol–water partition coefficient (Wildman–Crippen LogP) is 5.68. The average Bonchev–Trinajstić information content (AvgIpc) is 3.21. The molecule has 168 valence electrons. The number of carbonyl (C=O) groups is 1. The molecule has 0 fully saturated rings. The standard InChI is InChI=1S/C26H25N3O3S/c1-16(2)19-8-13-23-22(15-19)28-24(32-23)14-17-4-9-20(10-5-17)27-26(33)29-25(30)18-6-11-21(31-3)12-7-18/h4-13,15-16H,14H2,1-3H3,(H2,27,29,30,33). The highest BCUT2D eigenvalue weighted by molar-refractivity contribution is 7.80. The topological polar surface area (TPSA) is 76.4 Å². The number of oxazole rings is 1. The number of thiocarbonyl (C=S) groups is 1. The van der Waals surface area contributed by atoms with Gasteiger partial charge in [-0.3, -0.25) is 10.1 Å². The van der Waals surface area contributed by atoms with E-state index in [-0.39, 0.29) is 11.0 Å². The zero-order valence-electron chi connectivity index (χ0n) is 18.7. The fourth-order valence-electron chi connectivity index (χ4n) is 3.39. The zero-order chi connectivity index (χ0) is 23.4. The Morgan fingerprint density at radius 2 is 1.79 bits per heavy atom. The van der Waals surface area contributed by atoms with Gasteiger partial charge in [0.1, 0.15) is 11.3 Å². The smallest absolute Gasteiger partial charge is 0.257 e. The first-order chi connectivity index (χ1) is 15.9. The molecule has 1 heterocycles. The number of fused-ring (bicyclic) bond motifs is 1. The number of hydrogen-bond donors (Lipinski definition) is 2. The van der Waals surface area contributed by atoms with Crippen molar-refractivity contribution in [2.75, 3.05) is 12.4 Å². The minimum Gasteiger partial charge on any atom is -0.497 e. The lowest BCUT2D eigenvalue weighted by Gasteiger charge is -2.10. The van der Waals surface area contributed by atoms with Crippen LogP contribution in [0.3, 0.4) is 0 Å². The summed E-state index contributed by atoms with van der Waals surface area (Å²) in [6.07, 6.45) is 0.588. The number of amides is 1.